The summed E-state index contributed by atoms with van der Waals surface area (Å²) in [6.45, 7) is 6.94. The molecule has 0 bridgehead atoms. The molecule has 3 amide bonds. The van der Waals surface area contributed by atoms with Crippen LogP contribution in [0.15, 0.2) is 60.7 Å². The molecule has 2 aromatic rings. The van der Waals surface area contributed by atoms with Crippen molar-refractivity contribution in [2.75, 3.05) is 6.54 Å². The van der Waals surface area contributed by atoms with Crippen molar-refractivity contribution in [3.8, 4) is 0 Å². The second-order valence-corrected chi connectivity index (χ2v) is 10.7. The normalized spacial score (nSPS) is 24.6. The fourth-order valence-corrected chi connectivity index (χ4v) is 6.55. The van der Waals surface area contributed by atoms with Crippen LogP contribution in [-0.4, -0.2) is 45.7 Å². The molecule has 2 aliphatic heterocycles. The summed E-state index contributed by atoms with van der Waals surface area (Å²) < 4.78 is 3.89. The van der Waals surface area contributed by atoms with Crippen molar-refractivity contribution in [3.05, 3.63) is 71.8 Å². The number of urea groups is 1. The van der Waals surface area contributed by atoms with Gasteiger partial charge in [-0.05, 0) is 38.8 Å². The summed E-state index contributed by atoms with van der Waals surface area (Å²) >= 11 is 1.51. The molecule has 2 aliphatic rings. The van der Waals surface area contributed by atoms with Crippen LogP contribution in [0.4, 0.5) is 4.79 Å². The highest BCUT2D eigenvalue weighted by molar-refractivity contribution is 8.04. The molecule has 4 rings (SSSR count). The minimum Gasteiger partial charge on any atom is -0.459 e. The third-order valence-electron chi connectivity index (χ3n) is 5.65. The molecule has 162 valence electrons. The molecule has 2 heterocycles. The predicted octanol–water partition coefficient (Wildman–Crippen LogP) is 3.70. The van der Waals surface area contributed by atoms with Crippen molar-refractivity contribution in [1.82, 2.24) is 10.2 Å². The summed E-state index contributed by atoms with van der Waals surface area (Å²) in [5.74, 6) is -0.846. The van der Waals surface area contributed by atoms with Crippen molar-refractivity contribution in [2.45, 2.75) is 48.8 Å². The number of hydrogen-bond donors (Lipinski definition) is 1. The summed E-state index contributed by atoms with van der Waals surface area (Å²) in [6, 6.07) is 18.5. The van der Waals surface area contributed by atoms with E-state index in [2.05, 4.69) is 5.32 Å². The Hall–Kier alpha value is -2.80. The second-order valence-electron chi connectivity index (χ2n) is 9.05. The van der Waals surface area contributed by atoms with Crippen molar-refractivity contribution in [2.24, 2.45) is 0 Å². The summed E-state index contributed by atoms with van der Waals surface area (Å²) in [4.78, 5) is 40.0. The smallest absolute Gasteiger partial charge is 0.326 e. The van der Waals surface area contributed by atoms with Crippen LogP contribution in [0.1, 0.15) is 38.8 Å². The molecule has 2 fully saturated rings. The summed E-state index contributed by atoms with van der Waals surface area (Å²) in [5, 5.41) is 2.43. The minimum atomic E-state index is -0.901. The highest BCUT2D eigenvalue weighted by atomic mass is 32.2. The Balaban J connectivity index is 1.83. The number of benzene rings is 2. The van der Waals surface area contributed by atoms with E-state index < -0.39 is 33.1 Å². The van der Waals surface area contributed by atoms with Gasteiger partial charge in [0.25, 0.3) is 0 Å². The molecule has 6 nitrogen and oxygen atoms in total. The first-order chi connectivity index (χ1) is 14.6. The SMILES string of the molecule is CC(C)(C)OC(=O)CN1C(=O)NC(=O)C2(C)SC(c3ccccc3)(c3ccccc3)C12. The highest BCUT2D eigenvalue weighted by Gasteiger charge is 2.72. The molecule has 2 saturated heterocycles. The molecule has 0 spiro atoms. The molecular formula is C24H26N2O4S. The molecule has 2 atom stereocenters. The van der Waals surface area contributed by atoms with E-state index in [0.29, 0.717) is 0 Å². The molecule has 0 saturated carbocycles. The number of ether oxygens (including phenoxy) is 1. The van der Waals surface area contributed by atoms with Gasteiger partial charge in [0.05, 0.1) is 10.8 Å². The average molecular weight is 439 g/mol. The Kier molecular flexibility index (Phi) is 5.12. The number of esters is 1. The van der Waals surface area contributed by atoms with Gasteiger partial charge >= 0.3 is 12.0 Å². The molecule has 0 aromatic heterocycles. The molecule has 2 unspecified atom stereocenters. The van der Waals surface area contributed by atoms with E-state index >= 15 is 0 Å². The zero-order valence-electron chi connectivity index (χ0n) is 18.0. The van der Waals surface area contributed by atoms with Crippen molar-refractivity contribution in [3.63, 3.8) is 0 Å². The molecular weight excluding hydrogens is 412 g/mol. The quantitative estimate of drug-likeness (QED) is 0.737. The molecule has 31 heavy (non-hydrogen) atoms. The maximum atomic E-state index is 13.0. The van der Waals surface area contributed by atoms with Crippen LogP contribution in [0.25, 0.3) is 0 Å². The van der Waals surface area contributed by atoms with Gasteiger partial charge < -0.3 is 9.64 Å². The van der Waals surface area contributed by atoms with Gasteiger partial charge in [0, 0.05) is 0 Å². The topological polar surface area (TPSA) is 75.7 Å². The number of hydrogen-bond acceptors (Lipinski definition) is 5. The highest BCUT2D eigenvalue weighted by Crippen LogP contribution is 2.66. The zero-order chi connectivity index (χ0) is 22.4. The van der Waals surface area contributed by atoms with Crippen molar-refractivity contribution >= 4 is 29.7 Å². The number of carbonyl (C=O) groups excluding carboxylic acids is 3. The van der Waals surface area contributed by atoms with Gasteiger partial charge in [-0.2, -0.15) is 0 Å². The molecule has 1 N–H and O–H groups in total. The summed E-state index contributed by atoms with van der Waals surface area (Å²) in [6.07, 6.45) is 0. The zero-order valence-corrected chi connectivity index (χ0v) is 18.9. The molecule has 7 heteroatoms. The first kappa shape index (κ1) is 21.4. The first-order valence-electron chi connectivity index (χ1n) is 10.2. The number of nitrogens with zero attached hydrogens (tertiary/aromatic N) is 1. The number of fused-ring (bicyclic) bond motifs is 1. The van der Waals surface area contributed by atoms with E-state index in [1.165, 1.54) is 16.7 Å². The number of amides is 3. The Morgan fingerprint density at radius 2 is 1.55 bits per heavy atom. The Bertz CT molecular complexity index is 979. The van der Waals surface area contributed by atoms with Crippen LogP contribution in [0, 0.1) is 0 Å². The lowest BCUT2D eigenvalue weighted by Crippen LogP contribution is -2.79. The van der Waals surface area contributed by atoms with Gasteiger partial charge in [0.15, 0.2) is 0 Å². The number of nitrogens with one attached hydrogen (secondary N) is 1. The lowest BCUT2D eigenvalue weighted by Gasteiger charge is -2.64. The van der Waals surface area contributed by atoms with E-state index in [1.807, 2.05) is 67.6 Å². The second kappa shape index (κ2) is 7.41. The molecule has 0 radical (unpaired) electrons. The fraction of sp³-hybridized carbons (Fsp3) is 0.375. The van der Waals surface area contributed by atoms with Crippen LogP contribution in [0.2, 0.25) is 0 Å². The fourth-order valence-electron chi connectivity index (χ4n) is 4.52. The van der Waals surface area contributed by atoms with E-state index in [0.717, 1.165) is 11.1 Å². The summed E-state index contributed by atoms with van der Waals surface area (Å²) in [5.41, 5.74) is 1.28. The maximum Gasteiger partial charge on any atom is 0.326 e. The van der Waals surface area contributed by atoms with Gasteiger partial charge in [-0.15, -0.1) is 11.8 Å². The van der Waals surface area contributed by atoms with Gasteiger partial charge in [0.2, 0.25) is 5.91 Å². The van der Waals surface area contributed by atoms with Crippen molar-refractivity contribution < 1.29 is 19.1 Å². The van der Waals surface area contributed by atoms with Gasteiger partial charge in [0.1, 0.15) is 16.9 Å². The van der Waals surface area contributed by atoms with E-state index in [1.54, 1.807) is 20.8 Å². The monoisotopic (exact) mass is 438 g/mol. The van der Waals surface area contributed by atoms with Gasteiger partial charge in [-0.1, -0.05) is 60.7 Å². The van der Waals surface area contributed by atoms with Crippen LogP contribution in [-0.2, 0) is 19.1 Å². The Morgan fingerprint density at radius 1 is 1.03 bits per heavy atom. The van der Waals surface area contributed by atoms with E-state index in [-0.39, 0.29) is 12.5 Å². The van der Waals surface area contributed by atoms with Crippen molar-refractivity contribution in [1.29, 1.82) is 0 Å². The van der Waals surface area contributed by atoms with Gasteiger partial charge in [-0.25, -0.2) is 4.79 Å². The molecule has 0 aliphatic carbocycles. The number of imide groups is 1. The molecule has 2 aromatic carbocycles. The Labute approximate surface area is 186 Å². The lowest BCUT2D eigenvalue weighted by atomic mass is 9.74. The largest absolute Gasteiger partial charge is 0.459 e. The Morgan fingerprint density at radius 3 is 2.03 bits per heavy atom. The standard InChI is InChI=1S/C24H26N2O4S/c1-22(2,3)30-18(27)15-26-19-23(4,20(28)25-21(26)29)31-24(19,16-11-7-5-8-12-16)17-13-9-6-10-14-17/h5-14,19H,15H2,1-4H3,(H,25,28,29). The first-order valence-corrected chi connectivity index (χ1v) is 11.0. The van der Waals surface area contributed by atoms with E-state index in [9.17, 15) is 14.4 Å². The third kappa shape index (κ3) is 3.51. The lowest BCUT2D eigenvalue weighted by molar-refractivity contribution is -0.157. The number of carbonyl (C=O) groups is 3. The predicted molar refractivity (Wildman–Crippen MR) is 120 cm³/mol. The summed E-state index contributed by atoms with van der Waals surface area (Å²) in [7, 11) is 0. The van der Waals surface area contributed by atoms with Crippen LogP contribution >= 0.6 is 11.8 Å². The number of thioether (sulfide) groups is 1. The van der Waals surface area contributed by atoms with Gasteiger partial charge in [-0.3, -0.25) is 14.9 Å². The number of rotatable bonds is 4. The van der Waals surface area contributed by atoms with Crippen LogP contribution < -0.4 is 5.32 Å². The minimum absolute atomic E-state index is 0.237. The van der Waals surface area contributed by atoms with Crippen LogP contribution in [0.3, 0.4) is 0 Å². The maximum absolute atomic E-state index is 13.0. The van der Waals surface area contributed by atoms with E-state index in [4.69, 9.17) is 4.74 Å². The third-order valence-corrected chi connectivity index (χ3v) is 7.50. The van der Waals surface area contributed by atoms with Crippen LogP contribution in [0.5, 0.6) is 0 Å². The average Bonchev–Trinajstić information content (AvgIpc) is 2.70.